The van der Waals surface area contributed by atoms with Crippen molar-refractivity contribution in [1.29, 1.82) is 0 Å². The largest absolute Gasteiger partial charge is 0.450 e. The van der Waals surface area contributed by atoms with Crippen LogP contribution in [0.15, 0.2) is 51.9 Å². The van der Waals surface area contributed by atoms with E-state index in [1.54, 1.807) is 23.4 Å². The lowest BCUT2D eigenvalue weighted by molar-refractivity contribution is -0.907. The summed E-state index contributed by atoms with van der Waals surface area (Å²) in [6, 6.07) is 8.73. The molecule has 1 amide bonds. The van der Waals surface area contributed by atoms with Gasteiger partial charge in [-0.25, -0.2) is 0 Å². The average molecular weight is 406 g/mol. The number of amides is 1. The molecule has 1 aromatic carbocycles. The van der Waals surface area contributed by atoms with Crippen molar-refractivity contribution in [2.75, 3.05) is 39.4 Å². The van der Waals surface area contributed by atoms with Crippen molar-refractivity contribution in [2.24, 2.45) is 0 Å². The maximum Gasteiger partial charge on any atom is 0.291 e. The van der Waals surface area contributed by atoms with E-state index in [1.165, 1.54) is 4.90 Å². The molecule has 154 valence electrons. The van der Waals surface area contributed by atoms with Crippen LogP contribution in [0.1, 0.15) is 33.3 Å². The van der Waals surface area contributed by atoms with Crippen LogP contribution in [0.2, 0.25) is 0 Å². The van der Waals surface area contributed by atoms with Crippen molar-refractivity contribution in [1.82, 2.24) is 9.88 Å². The number of nitrogens with zero attached hydrogens (tertiary/aromatic N) is 2. The van der Waals surface area contributed by atoms with Gasteiger partial charge in [0.2, 0.25) is 5.76 Å². The molecule has 2 aromatic heterocycles. The molecular weight excluding hydrogens is 382 g/mol. The van der Waals surface area contributed by atoms with E-state index < -0.39 is 6.04 Å². The first-order valence-corrected chi connectivity index (χ1v) is 10.3. The number of nitrogens with one attached hydrogen (secondary N) is 1. The third-order valence-corrected chi connectivity index (χ3v) is 6.03. The maximum absolute atomic E-state index is 13.5. The number of carbonyl (C=O) groups excluding carboxylic acids is 1. The Labute approximate surface area is 173 Å². The number of carbonyl (C=O) groups is 1. The van der Waals surface area contributed by atoms with Crippen molar-refractivity contribution in [3.05, 3.63) is 75.4 Å². The molecule has 7 heteroatoms. The molecule has 0 unspecified atom stereocenters. The van der Waals surface area contributed by atoms with Gasteiger partial charge in [-0.2, -0.15) is 0 Å². The van der Waals surface area contributed by atoms with E-state index in [0.717, 1.165) is 44.0 Å². The zero-order valence-corrected chi connectivity index (χ0v) is 16.9. The van der Waals surface area contributed by atoms with Gasteiger partial charge < -0.3 is 19.0 Å². The zero-order chi connectivity index (χ0) is 20.7. The minimum atomic E-state index is -0.484. The van der Waals surface area contributed by atoms with E-state index in [0.29, 0.717) is 23.1 Å². The van der Waals surface area contributed by atoms with E-state index >= 15 is 0 Å². The summed E-state index contributed by atoms with van der Waals surface area (Å²) in [5.74, 6) is -0.0757. The zero-order valence-electron chi connectivity index (χ0n) is 16.9. The minimum absolute atomic E-state index is 0.140. The molecule has 2 aliphatic heterocycles. The smallest absolute Gasteiger partial charge is 0.291 e. The maximum atomic E-state index is 13.5. The van der Waals surface area contributed by atoms with Crippen LogP contribution in [0.25, 0.3) is 11.0 Å². The van der Waals surface area contributed by atoms with Crippen LogP contribution >= 0.6 is 0 Å². The highest BCUT2D eigenvalue weighted by atomic mass is 16.5. The van der Waals surface area contributed by atoms with E-state index in [2.05, 4.69) is 4.98 Å². The van der Waals surface area contributed by atoms with Crippen LogP contribution in [-0.2, 0) is 4.74 Å². The fourth-order valence-corrected chi connectivity index (χ4v) is 4.44. The fraction of sp³-hybridized carbons (Fsp3) is 0.348. The fourth-order valence-electron chi connectivity index (χ4n) is 4.44. The molecule has 0 bridgehead atoms. The molecule has 0 radical (unpaired) electrons. The summed E-state index contributed by atoms with van der Waals surface area (Å²) in [6.45, 7) is 6.59. The van der Waals surface area contributed by atoms with E-state index in [9.17, 15) is 9.59 Å². The quantitative estimate of drug-likeness (QED) is 0.698. The Hall–Kier alpha value is -3.03. The number of morpholine rings is 1. The SMILES string of the molecule is Cc1ccc2oc3c(c(=O)c2c1)[C@H](c1cccnc1)N(CC[NH+]1CCOCC1)C3=O. The minimum Gasteiger partial charge on any atom is -0.450 e. The molecule has 1 N–H and O–H groups in total. The standard InChI is InChI=1S/C23H23N3O4/c1-15-4-5-18-17(13-15)21(27)19-20(16-3-2-6-24-14-16)26(23(28)22(19)30-18)8-7-25-9-11-29-12-10-25/h2-6,13-14,20H,7-12H2,1H3/p+1/t20-/m0/s1. The second-order valence-electron chi connectivity index (χ2n) is 7.97. The number of fused-ring (bicyclic) bond motifs is 2. The van der Waals surface area contributed by atoms with Crippen LogP contribution in [0.3, 0.4) is 0 Å². The molecule has 0 aliphatic carbocycles. The first kappa shape index (κ1) is 19.0. The number of hydrogen-bond donors (Lipinski definition) is 1. The van der Waals surface area contributed by atoms with Crippen LogP contribution in [0.5, 0.6) is 0 Å². The number of pyridine rings is 1. The highest BCUT2D eigenvalue weighted by molar-refractivity contribution is 5.99. The third-order valence-electron chi connectivity index (χ3n) is 6.03. The van der Waals surface area contributed by atoms with Crippen molar-refractivity contribution in [2.45, 2.75) is 13.0 Å². The summed E-state index contributed by atoms with van der Waals surface area (Å²) >= 11 is 0. The van der Waals surface area contributed by atoms with Gasteiger partial charge in [-0.3, -0.25) is 14.6 Å². The molecule has 1 saturated heterocycles. The summed E-state index contributed by atoms with van der Waals surface area (Å²) in [5.41, 5.74) is 2.52. The summed E-state index contributed by atoms with van der Waals surface area (Å²) in [5, 5.41) is 0.510. The van der Waals surface area contributed by atoms with Crippen molar-refractivity contribution in [3.8, 4) is 0 Å². The van der Waals surface area contributed by atoms with Gasteiger partial charge in [0.05, 0.1) is 43.3 Å². The Kier molecular flexibility index (Phi) is 4.84. The molecule has 2 aliphatic rings. The van der Waals surface area contributed by atoms with Crippen molar-refractivity contribution >= 4 is 16.9 Å². The van der Waals surface area contributed by atoms with Crippen LogP contribution in [0.4, 0.5) is 0 Å². The molecule has 30 heavy (non-hydrogen) atoms. The van der Waals surface area contributed by atoms with Gasteiger partial charge in [-0.1, -0.05) is 17.7 Å². The lowest BCUT2D eigenvalue weighted by Crippen LogP contribution is -3.14. The molecule has 0 spiro atoms. The number of quaternary nitrogens is 1. The first-order valence-electron chi connectivity index (χ1n) is 10.3. The molecule has 5 rings (SSSR count). The van der Waals surface area contributed by atoms with Crippen LogP contribution < -0.4 is 10.3 Å². The van der Waals surface area contributed by atoms with Gasteiger partial charge >= 0.3 is 0 Å². The third kappa shape index (κ3) is 3.20. The van der Waals surface area contributed by atoms with Crippen molar-refractivity contribution < 1.29 is 18.8 Å². The highest BCUT2D eigenvalue weighted by Gasteiger charge is 2.43. The number of ether oxygens (including phenoxy) is 1. The predicted octanol–water partition coefficient (Wildman–Crippen LogP) is 0.957. The number of rotatable bonds is 4. The Morgan fingerprint density at radius 1 is 1.20 bits per heavy atom. The van der Waals surface area contributed by atoms with E-state index in [4.69, 9.17) is 9.15 Å². The van der Waals surface area contributed by atoms with E-state index in [-0.39, 0.29) is 17.1 Å². The molecule has 1 atom stereocenters. The Balaban J connectivity index is 1.60. The van der Waals surface area contributed by atoms with Crippen LogP contribution in [-0.4, -0.2) is 55.2 Å². The molecule has 7 nitrogen and oxygen atoms in total. The van der Waals surface area contributed by atoms with Gasteiger partial charge in [0, 0.05) is 12.4 Å². The lowest BCUT2D eigenvalue weighted by Gasteiger charge is -2.29. The molecule has 4 heterocycles. The first-order chi connectivity index (χ1) is 14.6. The van der Waals surface area contributed by atoms with Gasteiger partial charge in [-0.15, -0.1) is 0 Å². The predicted molar refractivity (Wildman–Crippen MR) is 111 cm³/mol. The Morgan fingerprint density at radius 2 is 2.03 bits per heavy atom. The second kappa shape index (κ2) is 7.66. The summed E-state index contributed by atoms with van der Waals surface area (Å²) in [4.78, 5) is 34.2. The Morgan fingerprint density at radius 3 is 2.80 bits per heavy atom. The van der Waals surface area contributed by atoms with Crippen LogP contribution in [0, 0.1) is 6.92 Å². The van der Waals surface area contributed by atoms with E-state index in [1.807, 2.05) is 31.2 Å². The monoisotopic (exact) mass is 406 g/mol. The van der Waals surface area contributed by atoms with Gasteiger partial charge in [-0.05, 0) is 30.7 Å². The number of benzene rings is 1. The van der Waals surface area contributed by atoms with Gasteiger partial charge in [0.25, 0.3) is 5.91 Å². The molecular formula is C23H24N3O4+. The average Bonchev–Trinajstić information content (AvgIpc) is 3.06. The summed E-state index contributed by atoms with van der Waals surface area (Å²) < 4.78 is 11.4. The molecule has 3 aromatic rings. The number of aromatic nitrogens is 1. The molecule has 1 fully saturated rings. The number of aryl methyl sites for hydroxylation is 1. The summed E-state index contributed by atoms with van der Waals surface area (Å²) in [7, 11) is 0. The summed E-state index contributed by atoms with van der Waals surface area (Å²) in [6.07, 6.45) is 3.41. The second-order valence-corrected chi connectivity index (χ2v) is 7.97. The van der Waals surface area contributed by atoms with Gasteiger partial charge in [0.1, 0.15) is 18.7 Å². The lowest BCUT2D eigenvalue weighted by atomic mass is 9.99. The van der Waals surface area contributed by atoms with Crippen molar-refractivity contribution in [3.63, 3.8) is 0 Å². The van der Waals surface area contributed by atoms with Gasteiger partial charge in [0.15, 0.2) is 5.43 Å². The molecule has 0 saturated carbocycles. The normalized spacial score (nSPS) is 19.4. The Bertz CT molecular complexity index is 1150. The highest BCUT2D eigenvalue weighted by Crippen LogP contribution is 2.37. The topological polar surface area (TPSA) is 77.1 Å². The number of hydrogen-bond acceptors (Lipinski definition) is 5.